The van der Waals surface area contributed by atoms with E-state index in [1.807, 2.05) is 19.1 Å². The molecule has 182 valence electrons. The van der Waals surface area contributed by atoms with Gasteiger partial charge in [0.25, 0.3) is 17.0 Å². The second kappa shape index (κ2) is 9.03. The van der Waals surface area contributed by atoms with Crippen LogP contribution in [0.5, 0.6) is 5.75 Å². The van der Waals surface area contributed by atoms with Gasteiger partial charge in [-0.3, -0.25) is 18.8 Å². The Balaban J connectivity index is 1.45. The molecule has 5 heterocycles. The summed E-state index contributed by atoms with van der Waals surface area (Å²) in [7, 11) is 3.30. The summed E-state index contributed by atoms with van der Waals surface area (Å²) in [4.78, 5) is 45.1. The lowest BCUT2D eigenvalue weighted by Crippen LogP contribution is -2.32. The Morgan fingerprint density at radius 1 is 1.20 bits per heavy atom. The van der Waals surface area contributed by atoms with Crippen molar-refractivity contribution in [3.8, 4) is 5.75 Å². The van der Waals surface area contributed by atoms with E-state index in [1.165, 1.54) is 10.5 Å². The van der Waals surface area contributed by atoms with Gasteiger partial charge in [-0.15, -0.1) is 0 Å². The number of hydrogen-bond donors (Lipinski definition) is 0. The molecule has 1 atom stereocenters. The topological polar surface area (TPSA) is 100 Å². The molecule has 4 aromatic heterocycles. The highest BCUT2D eigenvalue weighted by Gasteiger charge is 2.31. The average Bonchev–Trinajstić information content (AvgIpc) is 3.46. The van der Waals surface area contributed by atoms with Crippen molar-refractivity contribution < 1.29 is 14.3 Å². The molecule has 0 aromatic carbocycles. The quantitative estimate of drug-likeness (QED) is 0.418. The molecule has 1 aliphatic heterocycles. The number of rotatable bonds is 6. The highest BCUT2D eigenvalue weighted by atomic mass is 16.5. The van der Waals surface area contributed by atoms with Gasteiger partial charge in [-0.05, 0) is 31.2 Å². The van der Waals surface area contributed by atoms with E-state index in [4.69, 9.17) is 9.47 Å². The fourth-order valence-electron chi connectivity index (χ4n) is 4.51. The first-order valence-corrected chi connectivity index (χ1v) is 11.5. The zero-order valence-electron chi connectivity index (χ0n) is 19.9. The first kappa shape index (κ1) is 22.9. The fraction of sp³-hybridized carbons (Fsp3) is 0.360. The molecule has 1 aliphatic rings. The van der Waals surface area contributed by atoms with Gasteiger partial charge in [0, 0.05) is 51.6 Å². The number of ether oxygens (including phenoxy) is 2. The van der Waals surface area contributed by atoms with Crippen molar-refractivity contribution in [3.05, 3.63) is 74.7 Å². The van der Waals surface area contributed by atoms with Crippen molar-refractivity contribution in [2.45, 2.75) is 26.0 Å². The molecule has 1 saturated heterocycles. The molecule has 4 aromatic rings. The van der Waals surface area contributed by atoms with E-state index in [-0.39, 0.29) is 23.1 Å². The van der Waals surface area contributed by atoms with Gasteiger partial charge in [0.2, 0.25) is 0 Å². The Hall–Kier alpha value is -3.92. The minimum absolute atomic E-state index is 0.139. The number of aromatic nitrogens is 4. The molecule has 5 rings (SSSR count). The lowest BCUT2D eigenvalue weighted by molar-refractivity contribution is 0.0759. The maximum atomic E-state index is 13.6. The summed E-state index contributed by atoms with van der Waals surface area (Å²) in [6, 6.07) is 10.3. The van der Waals surface area contributed by atoms with Crippen LogP contribution in [0.25, 0.3) is 16.7 Å². The normalized spacial score (nSPS) is 15.9. The largest absolute Gasteiger partial charge is 0.488 e. The second-order valence-corrected chi connectivity index (χ2v) is 8.77. The fourth-order valence-corrected chi connectivity index (χ4v) is 4.51. The molecule has 0 saturated carbocycles. The zero-order chi connectivity index (χ0) is 24.7. The molecule has 0 spiro atoms. The minimum atomic E-state index is -0.228. The van der Waals surface area contributed by atoms with Crippen molar-refractivity contribution in [2.75, 3.05) is 26.8 Å². The minimum Gasteiger partial charge on any atom is -0.488 e. The van der Waals surface area contributed by atoms with Gasteiger partial charge in [-0.2, -0.15) is 0 Å². The van der Waals surface area contributed by atoms with E-state index in [2.05, 4.69) is 4.98 Å². The van der Waals surface area contributed by atoms with Gasteiger partial charge >= 0.3 is 0 Å². The molecule has 1 fully saturated rings. The van der Waals surface area contributed by atoms with Gasteiger partial charge in [0.15, 0.2) is 0 Å². The Bertz CT molecular complexity index is 1550. The molecule has 0 N–H and O–H groups in total. The molecule has 10 heteroatoms. The summed E-state index contributed by atoms with van der Waals surface area (Å²) in [6.07, 6.45) is 2.08. The summed E-state index contributed by atoms with van der Waals surface area (Å²) in [5.74, 6) is 0.307. The smallest absolute Gasteiger partial charge is 0.270 e. The second-order valence-electron chi connectivity index (χ2n) is 8.77. The molecule has 0 aliphatic carbocycles. The maximum Gasteiger partial charge on any atom is 0.270 e. The SMILES string of the molecule is COCCn1c(C(=O)N2CCC(Oc3cc(C)n(C)c(=O)c3)C2)cc2c(=O)n3ccccc3nc21. The van der Waals surface area contributed by atoms with Gasteiger partial charge in [-0.25, -0.2) is 4.98 Å². The van der Waals surface area contributed by atoms with E-state index < -0.39 is 0 Å². The van der Waals surface area contributed by atoms with Gasteiger partial charge in [0.05, 0.1) is 18.5 Å². The van der Waals surface area contributed by atoms with Gasteiger partial charge in [-0.1, -0.05) is 6.07 Å². The van der Waals surface area contributed by atoms with Gasteiger partial charge in [0.1, 0.15) is 28.8 Å². The molecule has 35 heavy (non-hydrogen) atoms. The number of fused-ring (bicyclic) bond motifs is 2. The number of hydrogen-bond acceptors (Lipinski definition) is 6. The van der Waals surface area contributed by atoms with Crippen LogP contribution < -0.4 is 15.9 Å². The lowest BCUT2D eigenvalue weighted by atomic mass is 10.3. The molecule has 0 radical (unpaired) electrons. The predicted octanol–water partition coefficient (Wildman–Crippen LogP) is 1.60. The molecule has 10 nitrogen and oxygen atoms in total. The third-order valence-electron chi connectivity index (χ3n) is 6.53. The predicted molar refractivity (Wildman–Crippen MR) is 130 cm³/mol. The number of carbonyl (C=O) groups is 1. The van der Waals surface area contributed by atoms with Crippen LogP contribution in [0.3, 0.4) is 0 Å². The van der Waals surface area contributed by atoms with Crippen LogP contribution in [-0.4, -0.2) is 62.2 Å². The molecule has 1 amide bonds. The monoisotopic (exact) mass is 477 g/mol. The highest BCUT2D eigenvalue weighted by Crippen LogP contribution is 2.23. The number of carbonyl (C=O) groups excluding carboxylic acids is 1. The van der Waals surface area contributed by atoms with E-state index in [0.29, 0.717) is 60.8 Å². The van der Waals surface area contributed by atoms with Crippen molar-refractivity contribution in [1.29, 1.82) is 0 Å². The lowest BCUT2D eigenvalue weighted by Gasteiger charge is -2.19. The van der Waals surface area contributed by atoms with Crippen LogP contribution in [0.1, 0.15) is 22.6 Å². The Kier molecular flexibility index (Phi) is 5.89. The van der Waals surface area contributed by atoms with Crippen LogP contribution in [0, 0.1) is 6.92 Å². The van der Waals surface area contributed by atoms with Crippen LogP contribution in [-0.2, 0) is 18.3 Å². The van der Waals surface area contributed by atoms with E-state index in [1.54, 1.807) is 52.6 Å². The average molecular weight is 478 g/mol. The molecule has 1 unspecified atom stereocenters. The summed E-state index contributed by atoms with van der Waals surface area (Å²) in [5, 5.41) is 0.385. The summed E-state index contributed by atoms with van der Waals surface area (Å²) >= 11 is 0. The molecular formula is C25H27N5O5. The molecular weight excluding hydrogens is 450 g/mol. The van der Waals surface area contributed by atoms with Crippen LogP contribution in [0.15, 0.2) is 52.2 Å². The zero-order valence-corrected chi connectivity index (χ0v) is 19.9. The summed E-state index contributed by atoms with van der Waals surface area (Å²) in [5.41, 5.74) is 1.80. The van der Waals surface area contributed by atoms with Crippen LogP contribution in [0.2, 0.25) is 0 Å². The Labute approximate surface area is 200 Å². The number of amides is 1. The first-order chi connectivity index (χ1) is 16.9. The highest BCUT2D eigenvalue weighted by molar-refractivity contribution is 5.98. The van der Waals surface area contributed by atoms with Crippen molar-refractivity contribution in [3.63, 3.8) is 0 Å². The number of nitrogens with zero attached hydrogens (tertiary/aromatic N) is 5. The first-order valence-electron chi connectivity index (χ1n) is 11.5. The number of likely N-dealkylation sites (tertiary alicyclic amines) is 1. The maximum absolute atomic E-state index is 13.6. The third-order valence-corrected chi connectivity index (χ3v) is 6.53. The Morgan fingerprint density at radius 3 is 2.80 bits per heavy atom. The Morgan fingerprint density at radius 2 is 2.03 bits per heavy atom. The summed E-state index contributed by atoms with van der Waals surface area (Å²) < 4.78 is 16.1. The van der Waals surface area contributed by atoms with Crippen LogP contribution >= 0.6 is 0 Å². The summed E-state index contributed by atoms with van der Waals surface area (Å²) in [6.45, 7) is 3.49. The van der Waals surface area contributed by atoms with E-state index in [0.717, 1.165) is 5.69 Å². The standard InChI is InChI=1S/C25H27N5O5/c1-16-12-18(13-22(31)27(16)2)35-17-7-9-28(15-17)25(33)20-14-19-23(29(20)10-11-34-3)26-21-6-4-5-8-30(21)24(19)32/h4-6,8,12-14,17H,7,9-11,15H2,1-3H3. The van der Waals surface area contributed by atoms with Crippen LogP contribution in [0.4, 0.5) is 0 Å². The third kappa shape index (κ3) is 4.10. The van der Waals surface area contributed by atoms with E-state index >= 15 is 0 Å². The number of methoxy groups -OCH3 is 1. The number of pyridine rings is 2. The number of aryl methyl sites for hydroxylation is 1. The molecule has 0 bridgehead atoms. The van der Waals surface area contributed by atoms with Crippen molar-refractivity contribution >= 4 is 22.6 Å². The van der Waals surface area contributed by atoms with Crippen molar-refractivity contribution in [1.82, 2.24) is 23.4 Å². The van der Waals surface area contributed by atoms with E-state index in [9.17, 15) is 14.4 Å². The van der Waals surface area contributed by atoms with Crippen molar-refractivity contribution in [2.24, 2.45) is 7.05 Å². The van der Waals surface area contributed by atoms with Gasteiger partial charge < -0.3 is 23.5 Å².